The molecule has 1 aliphatic rings. The summed E-state index contributed by atoms with van der Waals surface area (Å²) in [5.74, 6) is 1.08. The lowest BCUT2D eigenvalue weighted by Crippen LogP contribution is -2.29. The van der Waals surface area contributed by atoms with Crippen molar-refractivity contribution in [3.05, 3.63) is 35.7 Å². The maximum absolute atomic E-state index is 12.0. The van der Waals surface area contributed by atoms with Crippen LogP contribution in [0.1, 0.15) is 35.9 Å². The van der Waals surface area contributed by atoms with E-state index in [0.29, 0.717) is 30.4 Å². The zero-order valence-corrected chi connectivity index (χ0v) is 17.5. The summed E-state index contributed by atoms with van der Waals surface area (Å²) in [5, 5.41) is 9.68. The van der Waals surface area contributed by atoms with Gasteiger partial charge in [0.2, 0.25) is 0 Å². The monoisotopic (exact) mass is 414 g/mol. The molecule has 1 aromatic heterocycles. The second-order valence-corrected chi connectivity index (χ2v) is 7.07. The minimum Gasteiger partial charge on any atom is -0.492 e. The van der Waals surface area contributed by atoms with E-state index in [2.05, 4.69) is 25.9 Å². The number of hydrogen-bond donors (Lipinski definition) is 4. The molecule has 0 aliphatic carbocycles. The molecule has 1 aromatic carbocycles. The fourth-order valence-electron chi connectivity index (χ4n) is 3.20. The molecule has 3 rings (SSSR count). The molecule has 0 saturated carbocycles. The Morgan fingerprint density at radius 3 is 2.77 bits per heavy atom. The Bertz CT molecular complexity index is 855. The first-order valence-corrected chi connectivity index (χ1v) is 10.3. The first-order valence-electron chi connectivity index (χ1n) is 10.3. The number of nitrogens with two attached hydrogens (primary N) is 1. The molecule has 9 heteroatoms. The zero-order valence-electron chi connectivity index (χ0n) is 17.5. The van der Waals surface area contributed by atoms with Gasteiger partial charge in [0.05, 0.1) is 5.69 Å². The van der Waals surface area contributed by atoms with Gasteiger partial charge in [-0.25, -0.2) is 9.97 Å². The molecule has 1 fully saturated rings. The third kappa shape index (κ3) is 5.80. The predicted octanol–water partition coefficient (Wildman–Crippen LogP) is 2.07. The number of carbonyl (C=O) groups excluding carboxylic acids is 1. The highest BCUT2D eigenvalue weighted by molar-refractivity contribution is 5.96. The Hall–Kier alpha value is -2.91. The highest BCUT2D eigenvalue weighted by Crippen LogP contribution is 2.26. The number of hydrogen-bond acceptors (Lipinski definition) is 8. The maximum atomic E-state index is 12.0. The summed E-state index contributed by atoms with van der Waals surface area (Å²) in [6, 6.07) is 7.73. The molecule has 9 nitrogen and oxygen atoms in total. The summed E-state index contributed by atoms with van der Waals surface area (Å²) in [5.41, 5.74) is 7.15. The van der Waals surface area contributed by atoms with Crippen LogP contribution in [0.15, 0.2) is 24.3 Å². The van der Waals surface area contributed by atoms with Crippen LogP contribution < -0.4 is 26.4 Å². The Labute approximate surface area is 176 Å². The molecule has 30 heavy (non-hydrogen) atoms. The van der Waals surface area contributed by atoms with Crippen molar-refractivity contribution in [2.75, 3.05) is 44.0 Å². The van der Waals surface area contributed by atoms with Crippen molar-refractivity contribution in [1.29, 1.82) is 0 Å². The molecule has 2 aromatic rings. The summed E-state index contributed by atoms with van der Waals surface area (Å²) >= 11 is 0. The van der Waals surface area contributed by atoms with E-state index >= 15 is 0 Å². The van der Waals surface area contributed by atoms with Crippen molar-refractivity contribution in [1.82, 2.24) is 15.3 Å². The van der Waals surface area contributed by atoms with Gasteiger partial charge in [-0.2, -0.15) is 0 Å². The van der Waals surface area contributed by atoms with Crippen LogP contribution in [0.25, 0.3) is 0 Å². The van der Waals surface area contributed by atoms with E-state index in [1.54, 1.807) is 0 Å². The van der Waals surface area contributed by atoms with E-state index < -0.39 is 5.91 Å². The Morgan fingerprint density at radius 2 is 2.07 bits per heavy atom. The van der Waals surface area contributed by atoms with Gasteiger partial charge < -0.3 is 31.2 Å². The van der Waals surface area contributed by atoms with Gasteiger partial charge in [0, 0.05) is 37.6 Å². The highest BCUT2D eigenvalue weighted by Gasteiger charge is 2.20. The van der Waals surface area contributed by atoms with Crippen molar-refractivity contribution in [3.8, 4) is 5.75 Å². The van der Waals surface area contributed by atoms with Gasteiger partial charge >= 0.3 is 0 Å². The Balaban J connectivity index is 1.85. The second kappa shape index (κ2) is 10.7. The quantitative estimate of drug-likeness (QED) is 0.436. The van der Waals surface area contributed by atoms with Gasteiger partial charge in [-0.15, -0.1) is 0 Å². The number of likely N-dealkylation sites (N-methyl/N-ethyl adjacent to an activating group) is 1. The summed E-state index contributed by atoms with van der Waals surface area (Å²) in [7, 11) is 1.87. The number of nitrogens with zero attached hydrogens (tertiary/aromatic N) is 2. The molecule has 5 N–H and O–H groups in total. The number of nitrogens with one attached hydrogen (secondary N) is 3. The zero-order chi connectivity index (χ0) is 21.3. The van der Waals surface area contributed by atoms with Crippen LogP contribution in [0.2, 0.25) is 0 Å². The number of ether oxygens (including phenoxy) is 2. The van der Waals surface area contributed by atoms with Crippen LogP contribution in [0, 0.1) is 0 Å². The molecule has 0 bridgehead atoms. The van der Waals surface area contributed by atoms with Crippen molar-refractivity contribution in [3.63, 3.8) is 0 Å². The SMILES string of the molecule is CCc1nc(C(N)=O)c(Nc2cccc(OCCNC)c2)nc1NC1CCOCC1. The van der Waals surface area contributed by atoms with Crippen molar-refractivity contribution in [2.24, 2.45) is 5.73 Å². The first-order chi connectivity index (χ1) is 14.6. The molecule has 1 saturated heterocycles. The summed E-state index contributed by atoms with van der Waals surface area (Å²) in [4.78, 5) is 21.2. The number of primary amides is 1. The predicted molar refractivity (Wildman–Crippen MR) is 117 cm³/mol. The summed E-state index contributed by atoms with van der Waals surface area (Å²) in [6.45, 7) is 4.71. The molecule has 0 radical (unpaired) electrons. The van der Waals surface area contributed by atoms with Gasteiger partial charge in [0.1, 0.15) is 12.4 Å². The third-order valence-electron chi connectivity index (χ3n) is 4.82. The van der Waals surface area contributed by atoms with E-state index in [0.717, 1.165) is 44.0 Å². The lowest BCUT2D eigenvalue weighted by atomic mass is 10.1. The summed E-state index contributed by atoms with van der Waals surface area (Å²) < 4.78 is 11.1. The first kappa shape index (κ1) is 21.8. The number of amides is 1. The molecule has 2 heterocycles. The standard InChI is InChI=1S/C21H30N6O3/c1-3-17-20(24-14-7-10-29-11-8-14)27-21(18(26-17)19(22)28)25-15-5-4-6-16(13-15)30-12-9-23-2/h4-6,13-14,23H,3,7-12H2,1-2H3,(H2,22,28)(H2,24,25,27). The number of carbonyl (C=O) groups is 1. The number of aromatic nitrogens is 2. The Kier molecular flexibility index (Phi) is 7.81. The van der Waals surface area contributed by atoms with Gasteiger partial charge in [-0.1, -0.05) is 13.0 Å². The molecular weight excluding hydrogens is 384 g/mol. The molecule has 1 amide bonds. The maximum Gasteiger partial charge on any atom is 0.271 e. The van der Waals surface area contributed by atoms with Crippen LogP contribution in [-0.2, 0) is 11.2 Å². The summed E-state index contributed by atoms with van der Waals surface area (Å²) in [6.07, 6.45) is 2.43. The van der Waals surface area contributed by atoms with Crippen LogP contribution in [-0.4, -0.2) is 55.3 Å². The van der Waals surface area contributed by atoms with Gasteiger partial charge in [-0.3, -0.25) is 4.79 Å². The molecular formula is C21H30N6O3. The van der Waals surface area contributed by atoms with E-state index in [-0.39, 0.29) is 11.7 Å². The minimum atomic E-state index is -0.626. The largest absolute Gasteiger partial charge is 0.492 e. The average Bonchev–Trinajstić information content (AvgIpc) is 2.75. The molecule has 0 unspecified atom stereocenters. The van der Waals surface area contributed by atoms with Crippen LogP contribution in [0.3, 0.4) is 0 Å². The molecule has 0 spiro atoms. The van der Waals surface area contributed by atoms with Crippen molar-refractivity contribution < 1.29 is 14.3 Å². The molecule has 1 aliphatic heterocycles. The van der Waals surface area contributed by atoms with E-state index in [9.17, 15) is 4.79 Å². The average molecular weight is 415 g/mol. The van der Waals surface area contributed by atoms with E-state index in [1.807, 2.05) is 38.2 Å². The number of anilines is 3. The third-order valence-corrected chi connectivity index (χ3v) is 4.82. The van der Waals surface area contributed by atoms with Crippen LogP contribution in [0.4, 0.5) is 17.3 Å². The normalized spacial score (nSPS) is 14.3. The Morgan fingerprint density at radius 1 is 1.27 bits per heavy atom. The lowest BCUT2D eigenvalue weighted by molar-refractivity contribution is 0.0903. The van der Waals surface area contributed by atoms with Gasteiger partial charge in [-0.05, 0) is 38.4 Å². The van der Waals surface area contributed by atoms with Crippen molar-refractivity contribution >= 4 is 23.2 Å². The number of benzene rings is 1. The van der Waals surface area contributed by atoms with Gasteiger partial charge in [0.15, 0.2) is 17.3 Å². The molecule has 0 atom stereocenters. The van der Waals surface area contributed by atoms with E-state index in [4.69, 9.17) is 15.2 Å². The van der Waals surface area contributed by atoms with Crippen LogP contribution in [0.5, 0.6) is 5.75 Å². The van der Waals surface area contributed by atoms with Gasteiger partial charge in [0.25, 0.3) is 5.91 Å². The highest BCUT2D eigenvalue weighted by atomic mass is 16.5. The topological polar surface area (TPSA) is 123 Å². The second-order valence-electron chi connectivity index (χ2n) is 7.07. The minimum absolute atomic E-state index is 0.117. The number of rotatable bonds is 10. The number of aryl methyl sites for hydroxylation is 1. The smallest absolute Gasteiger partial charge is 0.271 e. The van der Waals surface area contributed by atoms with Crippen LogP contribution >= 0.6 is 0 Å². The van der Waals surface area contributed by atoms with E-state index in [1.165, 1.54) is 0 Å². The fourth-order valence-corrected chi connectivity index (χ4v) is 3.20. The molecule has 162 valence electrons. The lowest BCUT2D eigenvalue weighted by Gasteiger charge is -2.25. The fraction of sp³-hybridized carbons (Fsp3) is 0.476. The van der Waals surface area contributed by atoms with Crippen molar-refractivity contribution in [2.45, 2.75) is 32.2 Å².